The number of amides is 5. The number of nitrogens with zero attached hydrogens (tertiary/aromatic N) is 4. The van der Waals surface area contributed by atoms with Gasteiger partial charge >= 0.3 is 12.1 Å². The Kier molecular flexibility index (Phi) is 14.8. The number of urea groups is 1. The first-order valence-corrected chi connectivity index (χ1v) is 19.5. The van der Waals surface area contributed by atoms with Gasteiger partial charge in [0.1, 0.15) is 12.1 Å². The Balaban J connectivity index is 1.38. The van der Waals surface area contributed by atoms with Crippen LogP contribution in [0.3, 0.4) is 0 Å². The van der Waals surface area contributed by atoms with Crippen LogP contribution in [0.4, 0.5) is 9.59 Å². The van der Waals surface area contributed by atoms with Gasteiger partial charge in [0, 0.05) is 44.3 Å². The van der Waals surface area contributed by atoms with Crippen LogP contribution in [0.5, 0.6) is 0 Å². The van der Waals surface area contributed by atoms with Gasteiger partial charge in [-0.25, -0.2) is 14.6 Å². The fraction of sp³-hybridized carbons (Fsp3) is 0.419. The predicted octanol–water partition coefficient (Wildman–Crippen LogP) is 5.19. The number of hydrazine groups is 1. The largest absolute Gasteiger partial charge is 0.465 e. The maximum atomic E-state index is 14.5. The summed E-state index contributed by atoms with van der Waals surface area (Å²) in [7, 11) is 0. The number of aliphatic hydroxyl groups excluding tert-OH is 1. The highest BCUT2D eigenvalue weighted by molar-refractivity contribution is 5.89. The lowest BCUT2D eigenvalue weighted by Crippen LogP contribution is -2.59. The quantitative estimate of drug-likeness (QED) is 0.0814. The minimum Gasteiger partial charge on any atom is -0.465 e. The van der Waals surface area contributed by atoms with E-state index in [9.17, 15) is 29.4 Å². The first-order valence-electron chi connectivity index (χ1n) is 19.5. The molecule has 1 saturated heterocycles. The third-order valence-electron chi connectivity index (χ3n) is 10.8. The molecule has 13 nitrogen and oxygen atoms in total. The highest BCUT2D eigenvalue weighted by atomic mass is 16.4. The van der Waals surface area contributed by atoms with Crippen LogP contribution in [0.15, 0.2) is 97.2 Å². The highest BCUT2D eigenvalue weighted by Gasteiger charge is 2.41. The van der Waals surface area contributed by atoms with E-state index in [4.69, 9.17) is 0 Å². The molecule has 5 N–H and O–H groups in total. The number of para-hydroxylation sites is 1. The Hall–Kier alpha value is -5.53. The first kappa shape index (κ1) is 41.6. The van der Waals surface area contributed by atoms with Crippen molar-refractivity contribution in [1.29, 1.82) is 0 Å². The van der Waals surface area contributed by atoms with Crippen LogP contribution in [-0.4, -0.2) is 97.8 Å². The normalized spacial score (nSPS) is 16.2. The van der Waals surface area contributed by atoms with Gasteiger partial charge in [0.2, 0.25) is 5.91 Å². The van der Waals surface area contributed by atoms with Gasteiger partial charge < -0.3 is 30.6 Å². The van der Waals surface area contributed by atoms with Gasteiger partial charge in [-0.2, -0.15) is 0 Å². The number of hydrogen-bond donors (Lipinski definition) is 5. The number of fused-ring (bicyclic) bond motifs is 1. The maximum absolute atomic E-state index is 14.5. The van der Waals surface area contributed by atoms with Crippen LogP contribution in [0.2, 0.25) is 0 Å². The SMILES string of the molecule is CC[C@H](C)[C@H](NC(=O)O)C(=O)NN(Cc1ccccc1)C[C@H](O)[C@H](Cc1ccccc1)NC(=O)[C@H]([C@@H](C)CC)N1CCN(Cc2ccnc3ccccc23)C1=O. The number of carbonyl (C=O) groups excluding carboxylic acids is 3. The van der Waals surface area contributed by atoms with Gasteiger partial charge in [-0.3, -0.25) is 20.0 Å². The number of aliphatic hydroxyl groups is 1. The minimum atomic E-state index is -1.31. The summed E-state index contributed by atoms with van der Waals surface area (Å²) in [5.74, 6) is -1.42. The van der Waals surface area contributed by atoms with E-state index in [1.54, 1.807) is 27.9 Å². The second-order valence-electron chi connectivity index (χ2n) is 14.7. The van der Waals surface area contributed by atoms with Crippen molar-refractivity contribution in [2.45, 2.75) is 84.3 Å². The number of pyridine rings is 1. The molecular formula is C43H55N7O6. The Bertz CT molecular complexity index is 1910. The first-order chi connectivity index (χ1) is 27.0. The van der Waals surface area contributed by atoms with E-state index >= 15 is 0 Å². The average Bonchev–Trinajstić information content (AvgIpc) is 3.55. The molecule has 1 fully saturated rings. The van der Waals surface area contributed by atoms with Gasteiger partial charge in [-0.05, 0) is 47.1 Å². The second kappa shape index (κ2) is 19.9. The van der Waals surface area contributed by atoms with Crippen molar-refractivity contribution in [1.82, 2.24) is 35.9 Å². The Morgan fingerprint density at radius 1 is 0.821 bits per heavy atom. The van der Waals surface area contributed by atoms with Crippen LogP contribution in [0, 0.1) is 11.8 Å². The van der Waals surface area contributed by atoms with E-state index in [1.807, 2.05) is 112 Å². The van der Waals surface area contributed by atoms with Crippen LogP contribution >= 0.6 is 0 Å². The van der Waals surface area contributed by atoms with E-state index < -0.39 is 36.2 Å². The number of carbonyl (C=O) groups is 4. The molecule has 5 rings (SSSR count). The number of benzene rings is 3. The predicted molar refractivity (Wildman–Crippen MR) is 215 cm³/mol. The third kappa shape index (κ3) is 10.8. The second-order valence-corrected chi connectivity index (χ2v) is 14.7. The van der Waals surface area contributed by atoms with Crippen molar-refractivity contribution >= 4 is 34.8 Å². The van der Waals surface area contributed by atoms with Crippen molar-refractivity contribution in [2.24, 2.45) is 11.8 Å². The summed E-state index contributed by atoms with van der Waals surface area (Å²) < 4.78 is 0. The minimum absolute atomic E-state index is 0.0942. The lowest BCUT2D eigenvalue weighted by Gasteiger charge is -2.35. The van der Waals surface area contributed by atoms with Crippen LogP contribution in [0.25, 0.3) is 10.9 Å². The monoisotopic (exact) mass is 765 g/mol. The molecule has 1 aliphatic rings. The summed E-state index contributed by atoms with van der Waals surface area (Å²) in [6.45, 7) is 8.92. The number of nitrogens with one attached hydrogen (secondary N) is 3. The van der Waals surface area contributed by atoms with Crippen molar-refractivity contribution in [3.8, 4) is 0 Å². The summed E-state index contributed by atoms with van der Waals surface area (Å²) >= 11 is 0. The van der Waals surface area contributed by atoms with Crippen molar-refractivity contribution in [3.63, 3.8) is 0 Å². The number of aromatic nitrogens is 1. The molecule has 1 aliphatic heterocycles. The zero-order valence-electron chi connectivity index (χ0n) is 32.7. The number of rotatable bonds is 19. The molecule has 2 heterocycles. The molecular weight excluding hydrogens is 711 g/mol. The Morgan fingerprint density at radius 2 is 1.46 bits per heavy atom. The van der Waals surface area contributed by atoms with Gasteiger partial charge in [0.05, 0.1) is 17.7 Å². The molecule has 1 aromatic heterocycles. The molecule has 0 saturated carbocycles. The van der Waals surface area contributed by atoms with Crippen molar-refractivity contribution in [3.05, 3.63) is 114 Å². The average molecular weight is 766 g/mol. The Labute approximate surface area is 329 Å². The van der Waals surface area contributed by atoms with Crippen molar-refractivity contribution in [2.75, 3.05) is 19.6 Å². The number of hydrogen-bond acceptors (Lipinski definition) is 7. The maximum Gasteiger partial charge on any atom is 0.405 e. The summed E-state index contributed by atoms with van der Waals surface area (Å²) in [4.78, 5) is 61.6. The summed E-state index contributed by atoms with van der Waals surface area (Å²) in [6, 6.07) is 25.8. The molecule has 3 aromatic carbocycles. The standard InChI is InChI=1S/C43H55N7O6/c1-5-29(3)38(46-42(54)55)40(52)47-49(26-32-17-11-8-12-18-32)28-37(51)36(25-31-15-9-7-10-16-31)45-41(53)39(30(4)6-2)50-24-23-48(43(50)56)27-33-21-22-44-35-20-14-13-19-34(33)35/h7-22,29-30,36-39,46,51H,5-6,23-28H2,1-4H3,(H,45,53)(H,47,52)(H,54,55)/t29-,30-,36-,37-,38-,39-/m0/s1. The molecule has 0 aliphatic carbocycles. The fourth-order valence-corrected chi connectivity index (χ4v) is 7.22. The molecule has 13 heteroatoms. The lowest BCUT2D eigenvalue weighted by atomic mass is 9.95. The van der Waals surface area contributed by atoms with Gasteiger partial charge in [0.15, 0.2) is 0 Å². The summed E-state index contributed by atoms with van der Waals surface area (Å²) in [5, 5.41) is 29.5. The molecule has 0 bridgehead atoms. The zero-order valence-corrected chi connectivity index (χ0v) is 32.7. The van der Waals surface area contributed by atoms with Gasteiger partial charge in [0.25, 0.3) is 5.91 Å². The summed E-state index contributed by atoms with van der Waals surface area (Å²) in [5.41, 5.74) is 6.41. The van der Waals surface area contributed by atoms with Gasteiger partial charge in [-0.1, -0.05) is 119 Å². The Morgan fingerprint density at radius 3 is 2.12 bits per heavy atom. The van der Waals surface area contributed by atoms with Crippen molar-refractivity contribution < 1.29 is 29.4 Å². The molecule has 0 spiro atoms. The fourth-order valence-electron chi connectivity index (χ4n) is 7.22. The topological polar surface area (TPSA) is 167 Å². The zero-order chi connectivity index (χ0) is 40.2. The van der Waals surface area contributed by atoms with E-state index in [0.717, 1.165) is 27.6 Å². The molecule has 0 unspecified atom stereocenters. The molecule has 5 amide bonds. The van der Waals surface area contributed by atoms with Crippen LogP contribution in [0.1, 0.15) is 57.2 Å². The van der Waals surface area contributed by atoms with Crippen LogP contribution < -0.4 is 16.1 Å². The van der Waals surface area contributed by atoms with E-state index in [0.29, 0.717) is 32.5 Å². The van der Waals surface area contributed by atoms with E-state index in [2.05, 4.69) is 21.0 Å². The molecule has 4 aromatic rings. The van der Waals surface area contributed by atoms with E-state index in [-0.39, 0.29) is 43.3 Å². The molecule has 56 heavy (non-hydrogen) atoms. The van der Waals surface area contributed by atoms with Crippen LogP contribution in [-0.2, 0) is 29.1 Å². The lowest BCUT2D eigenvalue weighted by molar-refractivity contribution is -0.132. The highest BCUT2D eigenvalue weighted by Crippen LogP contribution is 2.25. The number of carboxylic acid groups (broad SMARTS) is 1. The third-order valence-corrected chi connectivity index (χ3v) is 10.8. The smallest absolute Gasteiger partial charge is 0.405 e. The molecule has 298 valence electrons. The summed E-state index contributed by atoms with van der Waals surface area (Å²) in [6.07, 6.45) is 0.710. The van der Waals surface area contributed by atoms with Gasteiger partial charge in [-0.15, -0.1) is 0 Å². The molecule has 6 atom stereocenters. The van der Waals surface area contributed by atoms with E-state index in [1.165, 1.54) is 0 Å². The molecule has 0 radical (unpaired) electrons.